The second-order valence-electron chi connectivity index (χ2n) is 21.9. The first-order chi connectivity index (χ1) is 39.2. The molecule has 0 bridgehead atoms. The van der Waals surface area contributed by atoms with Crippen LogP contribution < -0.4 is 0 Å². The van der Waals surface area contributed by atoms with Crippen molar-refractivity contribution in [3.05, 3.63) is 72.9 Å². The lowest BCUT2D eigenvalue weighted by Crippen LogP contribution is -2.30. The first-order valence-electron chi connectivity index (χ1n) is 32.8. The largest absolute Gasteiger partial charge is 0.472 e. The van der Waals surface area contributed by atoms with Gasteiger partial charge in [-0.1, -0.05) is 273 Å². The molecular formula is C68H121O11P. The molecule has 80 heavy (non-hydrogen) atoms. The summed E-state index contributed by atoms with van der Waals surface area (Å²) in [4.78, 5) is 48.8. The van der Waals surface area contributed by atoms with E-state index < -0.39 is 57.8 Å². The molecule has 0 aliphatic heterocycles. The third-order valence-electron chi connectivity index (χ3n) is 14.1. The normalized spacial score (nSPS) is 13.7. The first kappa shape index (κ1) is 76.9. The fourth-order valence-corrected chi connectivity index (χ4v) is 9.94. The van der Waals surface area contributed by atoms with Crippen molar-refractivity contribution in [2.24, 2.45) is 0 Å². The van der Waals surface area contributed by atoms with E-state index in [0.717, 1.165) is 77.0 Å². The van der Waals surface area contributed by atoms with E-state index in [-0.39, 0.29) is 25.9 Å². The maximum Gasteiger partial charge on any atom is 0.472 e. The number of carbonyl (C=O) groups excluding carboxylic acids is 3. The second kappa shape index (κ2) is 62.0. The van der Waals surface area contributed by atoms with Gasteiger partial charge in [0.1, 0.15) is 12.7 Å². The average molecular weight is 1150 g/mol. The van der Waals surface area contributed by atoms with E-state index in [1.165, 1.54) is 161 Å². The molecule has 0 spiro atoms. The SMILES string of the molecule is CC/C=C\C/C=C\C/C=C\C/C=C\C/C=C\CCCC(=O)OCC(COP(=O)(O)OCC(CO)OC(=O)CCCCCCCCC/C=C\CCCCCCCC)OC(=O)CCCCCCCCCCCCCCCCCCCCC. The number of allylic oxidation sites excluding steroid dienone is 12. The number of rotatable bonds is 61. The number of unbranched alkanes of at least 4 members (excludes halogenated alkanes) is 32. The average Bonchev–Trinajstić information content (AvgIpc) is 3.45. The number of phosphoric ester groups is 1. The highest BCUT2D eigenvalue weighted by molar-refractivity contribution is 7.47. The second-order valence-corrected chi connectivity index (χ2v) is 23.4. The van der Waals surface area contributed by atoms with Gasteiger partial charge in [0, 0.05) is 19.3 Å². The fourth-order valence-electron chi connectivity index (χ4n) is 9.15. The van der Waals surface area contributed by atoms with Crippen LogP contribution >= 0.6 is 7.82 Å². The third-order valence-corrected chi connectivity index (χ3v) is 15.1. The zero-order valence-electron chi connectivity index (χ0n) is 51.5. The van der Waals surface area contributed by atoms with Crippen molar-refractivity contribution >= 4 is 25.7 Å². The predicted octanol–water partition coefficient (Wildman–Crippen LogP) is 20.0. The Hall–Kier alpha value is -3.08. The number of esters is 3. The number of phosphoric acid groups is 1. The van der Waals surface area contributed by atoms with E-state index in [1.54, 1.807) is 0 Å². The summed E-state index contributed by atoms with van der Waals surface area (Å²) in [5.41, 5.74) is 0. The van der Waals surface area contributed by atoms with Crippen LogP contribution in [0.3, 0.4) is 0 Å². The van der Waals surface area contributed by atoms with Crippen molar-refractivity contribution in [1.82, 2.24) is 0 Å². The predicted molar refractivity (Wildman–Crippen MR) is 335 cm³/mol. The summed E-state index contributed by atoms with van der Waals surface area (Å²) in [6.45, 7) is 4.52. The van der Waals surface area contributed by atoms with Crippen molar-refractivity contribution in [3.8, 4) is 0 Å². The minimum atomic E-state index is -4.77. The van der Waals surface area contributed by atoms with Crippen molar-refractivity contribution < 1.29 is 52.2 Å². The monoisotopic (exact) mass is 1140 g/mol. The number of hydrogen-bond acceptors (Lipinski definition) is 10. The van der Waals surface area contributed by atoms with E-state index in [1.807, 2.05) is 6.08 Å². The summed E-state index contributed by atoms with van der Waals surface area (Å²) in [7, 11) is -4.77. The van der Waals surface area contributed by atoms with Crippen LogP contribution in [-0.2, 0) is 42.2 Å². The molecule has 0 aromatic heterocycles. The van der Waals surface area contributed by atoms with E-state index in [2.05, 4.69) is 87.6 Å². The maximum atomic E-state index is 13.0. The fraction of sp³-hybridized carbons (Fsp3) is 0.779. The molecule has 0 heterocycles. The molecule has 0 rings (SSSR count). The van der Waals surface area contributed by atoms with E-state index >= 15 is 0 Å². The molecule has 0 saturated carbocycles. The maximum absolute atomic E-state index is 13.0. The van der Waals surface area contributed by atoms with Crippen molar-refractivity contribution in [3.63, 3.8) is 0 Å². The zero-order chi connectivity index (χ0) is 58.3. The molecule has 0 aromatic rings. The molecule has 0 fully saturated rings. The minimum Gasteiger partial charge on any atom is -0.462 e. The zero-order valence-corrected chi connectivity index (χ0v) is 52.4. The van der Waals surface area contributed by atoms with Crippen molar-refractivity contribution in [2.45, 2.75) is 315 Å². The van der Waals surface area contributed by atoms with Gasteiger partial charge in [-0.3, -0.25) is 23.4 Å². The smallest absolute Gasteiger partial charge is 0.462 e. The Morgan fingerprint density at radius 1 is 0.362 bits per heavy atom. The van der Waals surface area contributed by atoms with Crippen LogP contribution in [0.1, 0.15) is 303 Å². The molecule has 0 aromatic carbocycles. The Balaban J connectivity index is 4.74. The molecular weight excluding hydrogens is 1020 g/mol. The molecule has 0 aliphatic rings. The van der Waals surface area contributed by atoms with Gasteiger partial charge in [0.2, 0.25) is 0 Å². The lowest BCUT2D eigenvalue weighted by molar-refractivity contribution is -0.161. The highest BCUT2D eigenvalue weighted by Gasteiger charge is 2.28. The number of hydrogen-bond donors (Lipinski definition) is 2. The summed E-state index contributed by atoms with van der Waals surface area (Å²) >= 11 is 0. The molecule has 0 aliphatic carbocycles. The highest BCUT2D eigenvalue weighted by Crippen LogP contribution is 2.43. The summed E-state index contributed by atoms with van der Waals surface area (Å²) in [6, 6.07) is 0. The number of aliphatic hydroxyl groups is 1. The molecule has 0 saturated heterocycles. The highest BCUT2D eigenvalue weighted by atomic mass is 31.2. The molecule has 11 nitrogen and oxygen atoms in total. The Labute approximate surface area is 490 Å². The lowest BCUT2D eigenvalue weighted by atomic mass is 10.0. The summed E-state index contributed by atoms with van der Waals surface area (Å²) in [5, 5.41) is 9.86. The van der Waals surface area contributed by atoms with Gasteiger partial charge in [0.15, 0.2) is 6.10 Å². The molecule has 2 N–H and O–H groups in total. The van der Waals surface area contributed by atoms with Gasteiger partial charge in [0.25, 0.3) is 0 Å². The molecule has 0 radical (unpaired) electrons. The molecule has 3 atom stereocenters. The lowest BCUT2D eigenvalue weighted by Gasteiger charge is -2.21. The minimum absolute atomic E-state index is 0.149. The summed E-state index contributed by atoms with van der Waals surface area (Å²) < 4.78 is 39.7. The van der Waals surface area contributed by atoms with Crippen LogP contribution in [-0.4, -0.2) is 66.5 Å². The summed E-state index contributed by atoms with van der Waals surface area (Å²) in [5.74, 6) is -1.52. The number of ether oxygens (including phenoxy) is 3. The van der Waals surface area contributed by atoms with Gasteiger partial charge in [-0.25, -0.2) is 4.57 Å². The van der Waals surface area contributed by atoms with Crippen molar-refractivity contribution in [2.75, 3.05) is 26.4 Å². The number of carbonyl (C=O) groups is 3. The standard InChI is InChI=1S/C68H121O11P/c1-4-7-10-13-16-19-22-25-28-31-32-35-38-41-44-47-50-53-56-59-68(72)79-65(61-75-66(70)57-54-51-48-45-42-39-36-33-29-26-23-20-17-14-11-8-5-2)63-77-80(73,74)76-62-64(60-69)78-67(71)58-55-52-49-46-43-40-37-34-30-27-24-21-18-15-12-9-6-3/h8,11,17,20,26-27,29-30,36,39,45,48,64-65,69H,4-7,9-10,12-16,18-19,21-25,28,31-35,37-38,40-44,46-47,49-63H2,1-3H3,(H,73,74)/b11-8-,20-17-,29-26-,30-27-,39-36-,48-45-. The molecule has 12 heteroatoms. The van der Waals surface area contributed by atoms with Crippen LogP contribution in [0.4, 0.5) is 0 Å². The Morgan fingerprint density at radius 2 is 0.662 bits per heavy atom. The van der Waals surface area contributed by atoms with Crippen LogP contribution in [0.5, 0.6) is 0 Å². The third kappa shape index (κ3) is 59.5. The molecule has 0 amide bonds. The van der Waals surface area contributed by atoms with Gasteiger partial charge < -0.3 is 24.2 Å². The van der Waals surface area contributed by atoms with E-state index in [4.69, 9.17) is 23.3 Å². The quantitative estimate of drug-likeness (QED) is 0.0197. The topological polar surface area (TPSA) is 155 Å². The number of aliphatic hydroxyl groups excluding tert-OH is 1. The van der Waals surface area contributed by atoms with Crippen LogP contribution in [0.2, 0.25) is 0 Å². The van der Waals surface area contributed by atoms with Crippen LogP contribution in [0, 0.1) is 0 Å². The van der Waals surface area contributed by atoms with Crippen molar-refractivity contribution in [1.29, 1.82) is 0 Å². The Kier molecular flexibility index (Phi) is 59.6. The molecule has 464 valence electrons. The van der Waals surface area contributed by atoms with Gasteiger partial charge in [0.05, 0.1) is 19.8 Å². The van der Waals surface area contributed by atoms with Gasteiger partial charge in [-0.2, -0.15) is 0 Å². The van der Waals surface area contributed by atoms with Gasteiger partial charge >= 0.3 is 25.7 Å². The van der Waals surface area contributed by atoms with Crippen LogP contribution in [0.15, 0.2) is 72.9 Å². The Morgan fingerprint density at radius 3 is 1.05 bits per heavy atom. The van der Waals surface area contributed by atoms with E-state index in [0.29, 0.717) is 25.7 Å². The Bertz CT molecular complexity index is 1620. The molecule has 3 unspecified atom stereocenters. The first-order valence-corrected chi connectivity index (χ1v) is 34.3. The van der Waals surface area contributed by atoms with E-state index in [9.17, 15) is 28.9 Å². The van der Waals surface area contributed by atoms with Gasteiger partial charge in [-0.15, -0.1) is 0 Å². The van der Waals surface area contributed by atoms with Gasteiger partial charge in [-0.05, 0) is 83.5 Å². The summed E-state index contributed by atoms with van der Waals surface area (Å²) in [6.07, 6.45) is 71.5. The van der Waals surface area contributed by atoms with Crippen LogP contribution in [0.25, 0.3) is 0 Å².